The number of nitrogens with one attached hydrogen (secondary N) is 2. The van der Waals surface area contributed by atoms with E-state index in [2.05, 4.69) is 22.0 Å². The zero-order chi connectivity index (χ0) is 16.7. The largest absolute Gasteiger partial charge is 0.305 e. The topological polar surface area (TPSA) is 70.6 Å². The zero-order valence-corrected chi connectivity index (χ0v) is 14.8. The van der Waals surface area contributed by atoms with Gasteiger partial charge in [0.15, 0.2) is 0 Å². The van der Waals surface area contributed by atoms with Crippen LogP contribution in [0.5, 0.6) is 0 Å². The molecule has 0 bridgehead atoms. The van der Waals surface area contributed by atoms with Gasteiger partial charge in [-0.05, 0) is 25.5 Å². The molecule has 5 nitrogen and oxygen atoms in total. The van der Waals surface area contributed by atoms with Gasteiger partial charge < -0.3 is 5.32 Å². The minimum Gasteiger partial charge on any atom is -0.305 e. The molecule has 0 radical (unpaired) electrons. The van der Waals surface area contributed by atoms with Gasteiger partial charge in [-0.15, -0.1) is 0 Å². The Hall–Kier alpha value is -1.40. The van der Waals surface area contributed by atoms with Gasteiger partial charge in [-0.1, -0.05) is 50.3 Å². The van der Waals surface area contributed by atoms with Crippen LogP contribution >= 0.6 is 0 Å². The minimum absolute atomic E-state index is 0.271. The molecule has 1 aliphatic rings. The van der Waals surface area contributed by atoms with E-state index in [1.54, 1.807) is 24.3 Å². The maximum absolute atomic E-state index is 12.3. The Labute approximate surface area is 139 Å². The number of nitrogens with zero attached hydrogens (tertiary/aromatic N) is 1. The highest BCUT2D eigenvalue weighted by molar-refractivity contribution is 7.90. The summed E-state index contributed by atoms with van der Waals surface area (Å²) >= 11 is 0. The van der Waals surface area contributed by atoms with Crippen molar-refractivity contribution in [2.24, 2.45) is 4.99 Å². The minimum atomic E-state index is -3.54. The van der Waals surface area contributed by atoms with Crippen LogP contribution in [0.15, 0.2) is 34.2 Å². The van der Waals surface area contributed by atoms with Gasteiger partial charge >= 0.3 is 0 Å². The number of hydrogen-bond donors (Lipinski definition) is 2. The van der Waals surface area contributed by atoms with Crippen LogP contribution in [0, 0.1) is 6.92 Å². The predicted octanol–water partition coefficient (Wildman–Crippen LogP) is 2.61. The summed E-state index contributed by atoms with van der Waals surface area (Å²) in [5, 5.41) is 3.37. The molecule has 1 heterocycles. The van der Waals surface area contributed by atoms with Crippen LogP contribution in [-0.2, 0) is 10.0 Å². The standard InChI is InChI=1S/C17H27N3O2S/c1-3-4-5-6-7-15-12-19-17(13-18-15)20-23(21,22)16-10-8-14(2)9-11-16/h8-11,15,18H,3-7,12-13H2,1-2H3,(H,19,20)/t15-/m0/s1. The van der Waals surface area contributed by atoms with Gasteiger partial charge in [0.1, 0.15) is 5.84 Å². The molecule has 0 unspecified atom stereocenters. The number of benzene rings is 1. The second-order valence-corrected chi connectivity index (χ2v) is 7.82. The van der Waals surface area contributed by atoms with E-state index in [0.29, 0.717) is 25.0 Å². The Morgan fingerprint density at radius 2 is 1.96 bits per heavy atom. The molecule has 2 N–H and O–H groups in total. The molecule has 0 aromatic heterocycles. The third-order valence-electron chi connectivity index (χ3n) is 4.05. The summed E-state index contributed by atoms with van der Waals surface area (Å²) in [4.78, 5) is 4.67. The van der Waals surface area contributed by atoms with Crippen molar-refractivity contribution in [2.45, 2.75) is 56.9 Å². The average Bonchev–Trinajstić information content (AvgIpc) is 2.53. The maximum Gasteiger partial charge on any atom is 0.262 e. The predicted molar refractivity (Wildman–Crippen MR) is 94.4 cm³/mol. The average molecular weight is 337 g/mol. The number of sulfonamides is 1. The first-order chi connectivity index (χ1) is 11.0. The molecule has 0 aliphatic carbocycles. The molecular formula is C17H27N3O2S. The molecule has 0 saturated carbocycles. The number of aliphatic imine (C=N–C) groups is 1. The van der Waals surface area contributed by atoms with E-state index in [0.717, 1.165) is 12.0 Å². The summed E-state index contributed by atoms with van der Waals surface area (Å²) in [6, 6.07) is 7.18. The lowest BCUT2D eigenvalue weighted by atomic mass is 10.1. The quantitative estimate of drug-likeness (QED) is 0.751. The zero-order valence-electron chi connectivity index (χ0n) is 14.0. The summed E-state index contributed by atoms with van der Waals surface area (Å²) in [7, 11) is -3.54. The maximum atomic E-state index is 12.3. The summed E-state index contributed by atoms with van der Waals surface area (Å²) in [6.45, 7) is 5.25. The first kappa shape index (κ1) is 17.9. The van der Waals surface area contributed by atoms with Crippen LogP contribution in [0.4, 0.5) is 0 Å². The van der Waals surface area contributed by atoms with Crippen molar-refractivity contribution in [1.29, 1.82) is 0 Å². The lowest BCUT2D eigenvalue weighted by Gasteiger charge is -2.23. The highest BCUT2D eigenvalue weighted by atomic mass is 32.2. The van der Waals surface area contributed by atoms with Crippen LogP contribution in [0.2, 0.25) is 0 Å². The molecule has 1 atom stereocenters. The van der Waals surface area contributed by atoms with Crippen molar-refractivity contribution >= 4 is 15.9 Å². The number of aryl methyl sites for hydroxylation is 1. The molecule has 1 aromatic carbocycles. The van der Waals surface area contributed by atoms with Crippen molar-refractivity contribution < 1.29 is 8.42 Å². The Balaban J connectivity index is 1.86. The molecule has 1 aromatic rings. The highest BCUT2D eigenvalue weighted by Gasteiger charge is 2.20. The fourth-order valence-electron chi connectivity index (χ4n) is 2.59. The molecule has 0 spiro atoms. The first-order valence-corrected chi connectivity index (χ1v) is 9.86. The molecule has 0 fully saturated rings. The van der Waals surface area contributed by atoms with Crippen molar-refractivity contribution in [3.05, 3.63) is 29.8 Å². The van der Waals surface area contributed by atoms with Gasteiger partial charge in [0.05, 0.1) is 18.0 Å². The smallest absolute Gasteiger partial charge is 0.262 e. The van der Waals surface area contributed by atoms with Crippen molar-refractivity contribution in [1.82, 2.24) is 10.0 Å². The fourth-order valence-corrected chi connectivity index (χ4v) is 3.65. The third kappa shape index (κ3) is 5.62. The first-order valence-electron chi connectivity index (χ1n) is 8.37. The lowest BCUT2D eigenvalue weighted by molar-refractivity contribution is 0.471. The van der Waals surface area contributed by atoms with E-state index in [1.165, 1.54) is 25.7 Å². The van der Waals surface area contributed by atoms with Gasteiger partial charge in [-0.25, -0.2) is 8.42 Å². The molecule has 128 valence electrons. The van der Waals surface area contributed by atoms with Crippen molar-refractivity contribution in [3.63, 3.8) is 0 Å². The second kappa shape index (κ2) is 8.45. The normalized spacial score (nSPS) is 18.5. The molecule has 23 heavy (non-hydrogen) atoms. The number of rotatable bonds is 7. The van der Waals surface area contributed by atoms with Crippen LogP contribution in [0.25, 0.3) is 0 Å². The molecule has 2 rings (SSSR count). The molecule has 0 saturated heterocycles. The van der Waals surface area contributed by atoms with Crippen LogP contribution in [-0.4, -0.2) is 33.4 Å². The van der Waals surface area contributed by atoms with Gasteiger partial charge in [0.25, 0.3) is 10.0 Å². The van der Waals surface area contributed by atoms with Crippen LogP contribution < -0.4 is 10.0 Å². The Morgan fingerprint density at radius 3 is 2.57 bits per heavy atom. The van der Waals surface area contributed by atoms with E-state index in [1.807, 2.05) is 6.92 Å². The highest BCUT2D eigenvalue weighted by Crippen LogP contribution is 2.11. The summed E-state index contributed by atoms with van der Waals surface area (Å²) in [5.74, 6) is 0.496. The Kier molecular flexibility index (Phi) is 6.59. The molecular weight excluding hydrogens is 310 g/mol. The molecule has 1 aliphatic heterocycles. The van der Waals surface area contributed by atoms with E-state index in [-0.39, 0.29) is 4.90 Å². The Morgan fingerprint density at radius 1 is 1.22 bits per heavy atom. The van der Waals surface area contributed by atoms with Crippen molar-refractivity contribution in [3.8, 4) is 0 Å². The van der Waals surface area contributed by atoms with Crippen molar-refractivity contribution in [2.75, 3.05) is 13.1 Å². The van der Waals surface area contributed by atoms with Gasteiger partial charge in [0.2, 0.25) is 0 Å². The number of unbranched alkanes of at least 4 members (excludes halogenated alkanes) is 3. The molecule has 6 heteroatoms. The van der Waals surface area contributed by atoms with E-state index >= 15 is 0 Å². The summed E-state index contributed by atoms with van der Waals surface area (Å²) in [6.07, 6.45) is 6.07. The lowest BCUT2D eigenvalue weighted by Crippen LogP contribution is -2.46. The fraction of sp³-hybridized carbons (Fsp3) is 0.588. The number of hydrogen-bond acceptors (Lipinski definition) is 4. The monoisotopic (exact) mass is 337 g/mol. The van der Waals surface area contributed by atoms with E-state index < -0.39 is 10.0 Å². The van der Waals surface area contributed by atoms with Gasteiger partial charge in [-0.2, -0.15) is 0 Å². The summed E-state index contributed by atoms with van der Waals surface area (Å²) in [5.41, 5.74) is 1.03. The SMILES string of the molecule is CCCCCC[C@H]1CN=C(NS(=O)(=O)c2ccc(C)cc2)CN1. The summed E-state index contributed by atoms with van der Waals surface area (Å²) < 4.78 is 27.2. The van der Waals surface area contributed by atoms with Gasteiger partial charge in [-0.3, -0.25) is 9.71 Å². The number of amidine groups is 1. The molecule has 0 amide bonds. The van der Waals surface area contributed by atoms with Crippen LogP contribution in [0.3, 0.4) is 0 Å². The Bertz CT molecular complexity index is 624. The third-order valence-corrected chi connectivity index (χ3v) is 5.45. The van der Waals surface area contributed by atoms with Gasteiger partial charge in [0, 0.05) is 6.04 Å². The van der Waals surface area contributed by atoms with E-state index in [4.69, 9.17) is 0 Å². The van der Waals surface area contributed by atoms with Crippen LogP contribution in [0.1, 0.15) is 44.6 Å². The van der Waals surface area contributed by atoms with E-state index in [9.17, 15) is 8.42 Å². The second-order valence-electron chi connectivity index (χ2n) is 6.13.